The van der Waals surface area contributed by atoms with Crippen molar-refractivity contribution in [2.45, 2.75) is 39.2 Å². The van der Waals surface area contributed by atoms with Crippen LogP contribution >= 0.6 is 0 Å². The van der Waals surface area contributed by atoms with Crippen LogP contribution in [-0.2, 0) is 11.2 Å². The first-order valence-corrected chi connectivity index (χ1v) is 7.19. The van der Waals surface area contributed by atoms with Gasteiger partial charge in [0.05, 0.1) is 12.7 Å². The van der Waals surface area contributed by atoms with Gasteiger partial charge < -0.3 is 14.6 Å². The second-order valence-electron chi connectivity index (χ2n) is 5.52. The van der Waals surface area contributed by atoms with Crippen molar-refractivity contribution < 1.29 is 14.6 Å². The van der Waals surface area contributed by atoms with Crippen molar-refractivity contribution >= 4 is 0 Å². The summed E-state index contributed by atoms with van der Waals surface area (Å²) in [7, 11) is 0. The number of hydrogen-bond donors (Lipinski definition) is 1. The SMILES string of the molecule is CC(C)CCOCCOc1cccc2c1CCC2O. The monoisotopic (exact) mass is 264 g/mol. The number of aliphatic hydroxyl groups is 1. The fourth-order valence-electron chi connectivity index (χ4n) is 2.37. The molecule has 1 aromatic carbocycles. The van der Waals surface area contributed by atoms with E-state index in [0.717, 1.165) is 42.7 Å². The summed E-state index contributed by atoms with van der Waals surface area (Å²) in [4.78, 5) is 0. The van der Waals surface area contributed by atoms with Gasteiger partial charge in [0.15, 0.2) is 0 Å². The van der Waals surface area contributed by atoms with Crippen LogP contribution < -0.4 is 4.74 Å². The van der Waals surface area contributed by atoms with E-state index < -0.39 is 0 Å². The van der Waals surface area contributed by atoms with Gasteiger partial charge in [0, 0.05) is 12.2 Å². The highest BCUT2D eigenvalue weighted by molar-refractivity contribution is 5.44. The highest BCUT2D eigenvalue weighted by Crippen LogP contribution is 2.36. The minimum atomic E-state index is -0.319. The molecule has 0 saturated carbocycles. The maximum Gasteiger partial charge on any atom is 0.122 e. The van der Waals surface area contributed by atoms with Gasteiger partial charge in [-0.15, -0.1) is 0 Å². The molecule has 0 amide bonds. The van der Waals surface area contributed by atoms with Crippen LogP contribution in [0.25, 0.3) is 0 Å². The molecule has 3 nitrogen and oxygen atoms in total. The number of benzene rings is 1. The predicted molar refractivity (Wildman–Crippen MR) is 75.5 cm³/mol. The zero-order valence-electron chi connectivity index (χ0n) is 11.9. The minimum absolute atomic E-state index is 0.319. The number of aliphatic hydroxyl groups excluding tert-OH is 1. The highest BCUT2D eigenvalue weighted by atomic mass is 16.5. The molecule has 3 heteroatoms. The normalized spacial score (nSPS) is 17.8. The van der Waals surface area contributed by atoms with Gasteiger partial charge in [0.25, 0.3) is 0 Å². The molecule has 106 valence electrons. The molecule has 1 aromatic rings. The van der Waals surface area contributed by atoms with Gasteiger partial charge in [-0.25, -0.2) is 0 Å². The maximum atomic E-state index is 9.82. The molecule has 1 aliphatic carbocycles. The predicted octanol–water partition coefficient (Wildman–Crippen LogP) is 3.11. The first-order chi connectivity index (χ1) is 9.18. The molecular formula is C16H24O3. The smallest absolute Gasteiger partial charge is 0.122 e. The van der Waals surface area contributed by atoms with Gasteiger partial charge in [0.1, 0.15) is 12.4 Å². The van der Waals surface area contributed by atoms with Gasteiger partial charge in [-0.05, 0) is 36.8 Å². The van der Waals surface area contributed by atoms with Crippen LogP contribution in [0.3, 0.4) is 0 Å². The molecule has 0 heterocycles. The Labute approximate surface area is 115 Å². The lowest BCUT2D eigenvalue weighted by Crippen LogP contribution is -2.09. The molecule has 1 atom stereocenters. The standard InChI is InChI=1S/C16H24O3/c1-12(2)8-9-18-10-11-19-16-5-3-4-13-14(16)6-7-15(13)17/h3-5,12,15,17H,6-11H2,1-2H3. The van der Waals surface area contributed by atoms with Crippen molar-refractivity contribution in [3.63, 3.8) is 0 Å². The average molecular weight is 264 g/mol. The molecule has 0 bridgehead atoms. The van der Waals surface area contributed by atoms with Gasteiger partial charge in [-0.2, -0.15) is 0 Å². The third kappa shape index (κ3) is 3.95. The second kappa shape index (κ2) is 6.92. The molecule has 0 radical (unpaired) electrons. The van der Waals surface area contributed by atoms with Crippen molar-refractivity contribution in [2.24, 2.45) is 5.92 Å². The fraction of sp³-hybridized carbons (Fsp3) is 0.625. The minimum Gasteiger partial charge on any atom is -0.491 e. The molecule has 2 rings (SSSR count). The van der Waals surface area contributed by atoms with Crippen LogP contribution in [0.2, 0.25) is 0 Å². The Morgan fingerprint density at radius 3 is 2.89 bits per heavy atom. The number of hydrogen-bond acceptors (Lipinski definition) is 3. The molecule has 0 aliphatic heterocycles. The van der Waals surface area contributed by atoms with Crippen molar-refractivity contribution in [3.05, 3.63) is 29.3 Å². The van der Waals surface area contributed by atoms with Gasteiger partial charge in [-0.1, -0.05) is 26.0 Å². The summed E-state index contributed by atoms with van der Waals surface area (Å²) in [6.45, 7) is 6.38. The molecule has 1 aliphatic rings. The van der Waals surface area contributed by atoms with Crippen LogP contribution in [0, 0.1) is 5.92 Å². The van der Waals surface area contributed by atoms with E-state index in [4.69, 9.17) is 9.47 Å². The Morgan fingerprint density at radius 1 is 1.26 bits per heavy atom. The molecule has 0 fully saturated rings. The van der Waals surface area contributed by atoms with Gasteiger partial charge >= 0.3 is 0 Å². The van der Waals surface area contributed by atoms with Crippen LogP contribution in [0.5, 0.6) is 5.75 Å². The van der Waals surface area contributed by atoms with E-state index in [-0.39, 0.29) is 6.10 Å². The maximum absolute atomic E-state index is 9.82. The first-order valence-electron chi connectivity index (χ1n) is 7.19. The summed E-state index contributed by atoms with van der Waals surface area (Å²) in [6, 6.07) is 5.91. The summed E-state index contributed by atoms with van der Waals surface area (Å²) < 4.78 is 11.3. The Morgan fingerprint density at radius 2 is 2.11 bits per heavy atom. The van der Waals surface area contributed by atoms with E-state index in [1.165, 1.54) is 0 Å². The van der Waals surface area contributed by atoms with E-state index in [2.05, 4.69) is 13.8 Å². The molecule has 0 aromatic heterocycles. The lowest BCUT2D eigenvalue weighted by atomic mass is 10.1. The quantitative estimate of drug-likeness (QED) is 0.769. The summed E-state index contributed by atoms with van der Waals surface area (Å²) in [5.74, 6) is 1.58. The Balaban J connectivity index is 1.75. The zero-order chi connectivity index (χ0) is 13.7. The van der Waals surface area contributed by atoms with Crippen LogP contribution in [0.1, 0.15) is 43.9 Å². The van der Waals surface area contributed by atoms with Crippen molar-refractivity contribution in [3.8, 4) is 5.75 Å². The first kappa shape index (κ1) is 14.4. The molecule has 19 heavy (non-hydrogen) atoms. The number of fused-ring (bicyclic) bond motifs is 1. The molecule has 1 N–H and O–H groups in total. The van der Waals surface area contributed by atoms with Gasteiger partial charge in [0.2, 0.25) is 0 Å². The zero-order valence-corrected chi connectivity index (χ0v) is 11.9. The number of rotatable bonds is 7. The fourth-order valence-corrected chi connectivity index (χ4v) is 2.37. The Bertz CT molecular complexity index is 401. The molecular weight excluding hydrogens is 240 g/mol. The topological polar surface area (TPSA) is 38.7 Å². The summed E-state index contributed by atoms with van der Waals surface area (Å²) in [6.07, 6.45) is 2.48. The van der Waals surface area contributed by atoms with Crippen LogP contribution in [0.4, 0.5) is 0 Å². The van der Waals surface area contributed by atoms with Crippen molar-refractivity contribution in [2.75, 3.05) is 19.8 Å². The average Bonchev–Trinajstić information content (AvgIpc) is 2.76. The van der Waals surface area contributed by atoms with E-state index in [0.29, 0.717) is 19.1 Å². The van der Waals surface area contributed by atoms with Crippen molar-refractivity contribution in [1.82, 2.24) is 0 Å². The largest absolute Gasteiger partial charge is 0.491 e. The summed E-state index contributed by atoms with van der Waals surface area (Å²) in [5.41, 5.74) is 2.19. The summed E-state index contributed by atoms with van der Waals surface area (Å²) >= 11 is 0. The van der Waals surface area contributed by atoms with E-state index in [1.54, 1.807) is 0 Å². The molecule has 0 saturated heterocycles. The van der Waals surface area contributed by atoms with Crippen LogP contribution in [0.15, 0.2) is 18.2 Å². The Kier molecular flexibility index (Phi) is 5.23. The third-order valence-electron chi connectivity index (χ3n) is 3.52. The molecule has 0 spiro atoms. The molecule has 1 unspecified atom stereocenters. The second-order valence-corrected chi connectivity index (χ2v) is 5.52. The van der Waals surface area contributed by atoms with E-state index in [9.17, 15) is 5.11 Å². The number of ether oxygens (including phenoxy) is 2. The van der Waals surface area contributed by atoms with Gasteiger partial charge in [-0.3, -0.25) is 0 Å². The summed E-state index contributed by atoms with van der Waals surface area (Å²) in [5, 5.41) is 9.82. The van der Waals surface area contributed by atoms with E-state index >= 15 is 0 Å². The lowest BCUT2D eigenvalue weighted by molar-refractivity contribution is 0.0923. The van der Waals surface area contributed by atoms with E-state index in [1.807, 2.05) is 18.2 Å². The lowest BCUT2D eigenvalue weighted by Gasteiger charge is -2.12. The third-order valence-corrected chi connectivity index (χ3v) is 3.52. The van der Waals surface area contributed by atoms with Crippen LogP contribution in [-0.4, -0.2) is 24.9 Å². The Hall–Kier alpha value is -1.06. The highest BCUT2D eigenvalue weighted by Gasteiger charge is 2.22. The van der Waals surface area contributed by atoms with Crippen molar-refractivity contribution in [1.29, 1.82) is 0 Å².